The minimum atomic E-state index is 0.749. The smallest absolute Gasteiger partial charge is 0.127 e. The first-order chi connectivity index (χ1) is 9.90. The second kappa shape index (κ2) is 8.60. The molecule has 0 aliphatic heterocycles. The van der Waals surface area contributed by atoms with Gasteiger partial charge in [-0.1, -0.05) is 76.6 Å². The van der Waals surface area contributed by atoms with Gasteiger partial charge in [0.2, 0.25) is 0 Å². The first-order valence-corrected chi connectivity index (χ1v) is 8.03. The van der Waals surface area contributed by atoms with Crippen molar-refractivity contribution in [1.82, 2.24) is 0 Å². The molecule has 0 bridgehead atoms. The Morgan fingerprint density at radius 1 is 0.900 bits per heavy atom. The van der Waals surface area contributed by atoms with E-state index >= 15 is 0 Å². The van der Waals surface area contributed by atoms with Gasteiger partial charge >= 0.3 is 0 Å². The minimum absolute atomic E-state index is 0.749. The van der Waals surface area contributed by atoms with Gasteiger partial charge in [0.25, 0.3) is 0 Å². The van der Waals surface area contributed by atoms with E-state index in [1.54, 1.807) is 0 Å². The average molecular weight is 331 g/mol. The van der Waals surface area contributed by atoms with Crippen molar-refractivity contribution in [1.29, 1.82) is 0 Å². The fourth-order valence-corrected chi connectivity index (χ4v) is 2.29. The lowest BCUT2D eigenvalue weighted by Gasteiger charge is -2.11. The maximum absolute atomic E-state index is 5.97. The molecule has 0 spiro atoms. The summed E-state index contributed by atoms with van der Waals surface area (Å²) in [5, 5.41) is 1.03. The second-order valence-corrected chi connectivity index (χ2v) is 5.32. The van der Waals surface area contributed by atoms with Crippen LogP contribution in [0, 0.1) is 0 Å². The SMILES string of the molecule is BrCCCCOC(=Cc1ccccc1)c1ccccc1. The highest BCUT2D eigenvalue weighted by molar-refractivity contribution is 9.09. The van der Waals surface area contributed by atoms with Gasteiger partial charge in [-0.25, -0.2) is 0 Å². The van der Waals surface area contributed by atoms with Gasteiger partial charge < -0.3 is 4.74 Å². The number of ether oxygens (including phenoxy) is 1. The number of rotatable bonds is 7. The maximum atomic E-state index is 5.97. The Hall–Kier alpha value is -1.54. The molecule has 104 valence electrons. The number of hydrogen-bond donors (Lipinski definition) is 0. The predicted molar refractivity (Wildman–Crippen MR) is 89.7 cm³/mol. The van der Waals surface area contributed by atoms with E-state index in [9.17, 15) is 0 Å². The van der Waals surface area contributed by atoms with Crippen molar-refractivity contribution in [3.05, 3.63) is 71.8 Å². The Labute approximate surface area is 129 Å². The van der Waals surface area contributed by atoms with Crippen LogP contribution in [0.5, 0.6) is 0 Å². The third-order valence-corrected chi connectivity index (χ3v) is 3.50. The first kappa shape index (κ1) is 14.9. The molecule has 0 aromatic heterocycles. The summed E-state index contributed by atoms with van der Waals surface area (Å²) in [7, 11) is 0. The number of halogens is 1. The summed E-state index contributed by atoms with van der Waals surface area (Å²) >= 11 is 3.45. The quantitative estimate of drug-likeness (QED) is 0.287. The Morgan fingerprint density at radius 2 is 1.55 bits per heavy atom. The van der Waals surface area contributed by atoms with Crippen LogP contribution in [0.4, 0.5) is 0 Å². The van der Waals surface area contributed by atoms with E-state index in [1.165, 1.54) is 0 Å². The molecule has 20 heavy (non-hydrogen) atoms. The van der Waals surface area contributed by atoms with Crippen molar-refractivity contribution in [3.8, 4) is 0 Å². The van der Waals surface area contributed by atoms with E-state index in [0.29, 0.717) is 0 Å². The fourth-order valence-electron chi connectivity index (χ4n) is 1.89. The molecular formula is C18H19BrO. The summed E-state index contributed by atoms with van der Waals surface area (Å²) in [6, 6.07) is 20.5. The summed E-state index contributed by atoms with van der Waals surface area (Å²) in [5.41, 5.74) is 2.28. The average Bonchev–Trinajstić information content (AvgIpc) is 2.52. The minimum Gasteiger partial charge on any atom is -0.493 e. The highest BCUT2D eigenvalue weighted by Crippen LogP contribution is 2.20. The van der Waals surface area contributed by atoms with Crippen LogP contribution in [0.15, 0.2) is 60.7 Å². The topological polar surface area (TPSA) is 9.23 Å². The van der Waals surface area contributed by atoms with Crippen LogP contribution in [-0.2, 0) is 4.74 Å². The monoisotopic (exact) mass is 330 g/mol. The molecule has 0 aliphatic rings. The Balaban J connectivity index is 2.14. The summed E-state index contributed by atoms with van der Waals surface area (Å²) in [6.07, 6.45) is 4.29. The highest BCUT2D eigenvalue weighted by atomic mass is 79.9. The number of alkyl halides is 1. The van der Waals surface area contributed by atoms with Gasteiger partial charge in [-0.05, 0) is 24.5 Å². The van der Waals surface area contributed by atoms with Crippen molar-refractivity contribution in [2.75, 3.05) is 11.9 Å². The van der Waals surface area contributed by atoms with Crippen molar-refractivity contribution >= 4 is 27.8 Å². The first-order valence-electron chi connectivity index (χ1n) is 6.91. The van der Waals surface area contributed by atoms with Crippen LogP contribution < -0.4 is 0 Å². The van der Waals surface area contributed by atoms with Gasteiger partial charge in [0.15, 0.2) is 0 Å². The molecule has 0 aliphatic carbocycles. The summed E-state index contributed by atoms with van der Waals surface area (Å²) in [4.78, 5) is 0. The molecule has 2 aromatic carbocycles. The van der Waals surface area contributed by atoms with E-state index in [0.717, 1.165) is 41.7 Å². The molecule has 2 rings (SSSR count). The Bertz CT molecular complexity index is 520. The van der Waals surface area contributed by atoms with Crippen molar-refractivity contribution in [2.24, 2.45) is 0 Å². The molecule has 0 N–H and O–H groups in total. The lowest BCUT2D eigenvalue weighted by molar-refractivity contribution is 0.272. The van der Waals surface area contributed by atoms with E-state index in [2.05, 4.69) is 46.3 Å². The van der Waals surface area contributed by atoms with Crippen LogP contribution in [-0.4, -0.2) is 11.9 Å². The van der Waals surface area contributed by atoms with Gasteiger partial charge in [0, 0.05) is 10.9 Å². The molecule has 0 heterocycles. The summed E-state index contributed by atoms with van der Waals surface area (Å²) in [6.45, 7) is 0.749. The van der Waals surface area contributed by atoms with Gasteiger partial charge in [0.05, 0.1) is 6.61 Å². The lowest BCUT2D eigenvalue weighted by Crippen LogP contribution is -1.95. The van der Waals surface area contributed by atoms with Crippen LogP contribution >= 0.6 is 15.9 Å². The third kappa shape index (κ3) is 4.86. The zero-order valence-electron chi connectivity index (χ0n) is 11.5. The van der Waals surface area contributed by atoms with Gasteiger partial charge in [-0.2, -0.15) is 0 Å². The molecule has 0 fully saturated rings. The zero-order valence-corrected chi connectivity index (χ0v) is 13.1. The summed E-state index contributed by atoms with van der Waals surface area (Å²) in [5.74, 6) is 0.936. The van der Waals surface area contributed by atoms with Gasteiger partial charge in [0.1, 0.15) is 5.76 Å². The second-order valence-electron chi connectivity index (χ2n) is 4.53. The number of hydrogen-bond acceptors (Lipinski definition) is 1. The van der Waals surface area contributed by atoms with Crippen molar-refractivity contribution < 1.29 is 4.74 Å². The van der Waals surface area contributed by atoms with E-state index in [1.807, 2.05) is 36.4 Å². The molecule has 0 radical (unpaired) electrons. The number of benzene rings is 2. The van der Waals surface area contributed by atoms with Crippen LogP contribution in [0.1, 0.15) is 24.0 Å². The maximum Gasteiger partial charge on any atom is 0.127 e. The molecular weight excluding hydrogens is 312 g/mol. The molecule has 2 heteroatoms. The van der Waals surface area contributed by atoms with Crippen LogP contribution in [0.25, 0.3) is 11.8 Å². The molecule has 1 nitrogen and oxygen atoms in total. The highest BCUT2D eigenvalue weighted by Gasteiger charge is 2.02. The Kier molecular flexibility index (Phi) is 6.39. The van der Waals surface area contributed by atoms with Gasteiger partial charge in [-0.3, -0.25) is 0 Å². The van der Waals surface area contributed by atoms with Crippen LogP contribution in [0.3, 0.4) is 0 Å². The molecule has 2 aromatic rings. The van der Waals surface area contributed by atoms with E-state index in [4.69, 9.17) is 4.74 Å². The number of unbranched alkanes of at least 4 members (excludes halogenated alkanes) is 1. The normalized spacial score (nSPS) is 11.3. The van der Waals surface area contributed by atoms with Gasteiger partial charge in [-0.15, -0.1) is 0 Å². The van der Waals surface area contributed by atoms with Crippen molar-refractivity contribution in [3.63, 3.8) is 0 Å². The van der Waals surface area contributed by atoms with Crippen molar-refractivity contribution in [2.45, 2.75) is 12.8 Å². The molecule has 0 amide bonds. The standard InChI is InChI=1S/C18H19BrO/c19-13-7-8-14-20-18(17-11-5-2-6-12-17)15-16-9-3-1-4-10-16/h1-6,9-12,15H,7-8,13-14H2. The van der Waals surface area contributed by atoms with Crippen LogP contribution in [0.2, 0.25) is 0 Å². The molecule has 0 saturated carbocycles. The summed E-state index contributed by atoms with van der Waals surface area (Å²) < 4.78 is 5.97. The zero-order chi connectivity index (χ0) is 14.0. The molecule has 0 atom stereocenters. The predicted octanol–water partition coefficient (Wildman–Crippen LogP) is 5.38. The van der Waals surface area contributed by atoms with E-state index in [-0.39, 0.29) is 0 Å². The Morgan fingerprint density at radius 3 is 2.20 bits per heavy atom. The molecule has 0 saturated heterocycles. The largest absolute Gasteiger partial charge is 0.493 e. The molecule has 0 unspecified atom stereocenters. The fraction of sp³-hybridized carbons (Fsp3) is 0.222. The lowest BCUT2D eigenvalue weighted by atomic mass is 10.1. The third-order valence-electron chi connectivity index (χ3n) is 2.94. The van der Waals surface area contributed by atoms with E-state index < -0.39 is 0 Å².